The average molecular weight is 271 g/mol. The van der Waals surface area contributed by atoms with Crippen LogP contribution in [0.25, 0.3) is 0 Å². The van der Waals surface area contributed by atoms with Gasteiger partial charge in [0.05, 0.1) is 25.7 Å². The highest BCUT2D eigenvalue weighted by molar-refractivity contribution is 5.84. The van der Waals surface area contributed by atoms with Crippen molar-refractivity contribution in [3.05, 3.63) is 0 Å². The van der Waals surface area contributed by atoms with Crippen molar-refractivity contribution < 1.29 is 14.3 Å². The van der Waals surface area contributed by atoms with Crippen LogP contribution in [-0.4, -0.2) is 75.1 Å². The lowest BCUT2D eigenvalue weighted by atomic mass is 10.1. The fraction of sp³-hybridized carbons (Fsp3) is 0.846. The lowest BCUT2D eigenvalue weighted by molar-refractivity contribution is -0.139. The molecular formula is C13H25N3O3. The van der Waals surface area contributed by atoms with E-state index < -0.39 is 0 Å². The zero-order chi connectivity index (χ0) is 14.3. The van der Waals surface area contributed by atoms with Crippen molar-refractivity contribution in [2.24, 2.45) is 0 Å². The van der Waals surface area contributed by atoms with E-state index in [1.165, 1.54) is 9.80 Å². The Hall–Kier alpha value is -1.14. The summed E-state index contributed by atoms with van der Waals surface area (Å²) >= 11 is 0. The van der Waals surface area contributed by atoms with Gasteiger partial charge < -0.3 is 19.9 Å². The molecule has 0 aromatic carbocycles. The van der Waals surface area contributed by atoms with Crippen molar-refractivity contribution >= 4 is 11.8 Å². The van der Waals surface area contributed by atoms with Crippen LogP contribution in [0.3, 0.4) is 0 Å². The average Bonchev–Trinajstić information content (AvgIpc) is 2.39. The molecule has 0 unspecified atom stereocenters. The summed E-state index contributed by atoms with van der Waals surface area (Å²) < 4.78 is 5.67. The lowest BCUT2D eigenvalue weighted by Gasteiger charge is -2.23. The van der Waals surface area contributed by atoms with Crippen LogP contribution in [-0.2, 0) is 14.3 Å². The second-order valence-electron chi connectivity index (χ2n) is 5.11. The smallest absolute Gasteiger partial charge is 0.241 e. The van der Waals surface area contributed by atoms with Crippen molar-refractivity contribution in [3.8, 4) is 0 Å². The maximum Gasteiger partial charge on any atom is 0.241 e. The van der Waals surface area contributed by atoms with Gasteiger partial charge >= 0.3 is 0 Å². The van der Waals surface area contributed by atoms with Gasteiger partial charge in [0.2, 0.25) is 11.8 Å². The first-order chi connectivity index (χ1) is 9.00. The molecule has 0 radical (unpaired) electrons. The highest BCUT2D eigenvalue weighted by Crippen LogP contribution is 2.07. The molecule has 1 saturated heterocycles. The molecule has 0 aromatic heterocycles. The number of carbonyl (C=O) groups is 2. The lowest BCUT2D eigenvalue weighted by Crippen LogP contribution is -2.38. The third-order valence-corrected chi connectivity index (χ3v) is 3.25. The number of ether oxygens (including phenoxy) is 1. The Morgan fingerprint density at radius 2 is 1.79 bits per heavy atom. The van der Waals surface area contributed by atoms with E-state index in [0.29, 0.717) is 13.0 Å². The van der Waals surface area contributed by atoms with Crippen LogP contribution in [0.4, 0.5) is 0 Å². The van der Waals surface area contributed by atoms with Gasteiger partial charge in [0.15, 0.2) is 0 Å². The molecule has 0 aliphatic carbocycles. The highest BCUT2D eigenvalue weighted by atomic mass is 16.5. The molecule has 1 heterocycles. The van der Waals surface area contributed by atoms with Gasteiger partial charge in [-0.15, -0.1) is 0 Å². The van der Waals surface area contributed by atoms with Gasteiger partial charge in [0.25, 0.3) is 0 Å². The second kappa shape index (κ2) is 8.12. The van der Waals surface area contributed by atoms with Gasteiger partial charge in [-0.3, -0.25) is 9.59 Å². The Morgan fingerprint density at radius 3 is 2.37 bits per heavy atom. The van der Waals surface area contributed by atoms with Crippen LogP contribution in [0.1, 0.15) is 19.3 Å². The summed E-state index contributed by atoms with van der Waals surface area (Å²) in [5.74, 6) is -0.126. The highest BCUT2D eigenvalue weighted by Gasteiger charge is 2.16. The molecule has 0 bridgehead atoms. The summed E-state index contributed by atoms with van der Waals surface area (Å²) in [7, 11) is 5.01. The summed E-state index contributed by atoms with van der Waals surface area (Å²) in [4.78, 5) is 26.2. The number of nitrogens with one attached hydrogen (secondary N) is 1. The molecule has 1 rings (SSSR count). The SMILES string of the molecule is CN(C)C(=O)CN(C)C(=O)CCOC1CCNCC1. The number of piperidine rings is 1. The fourth-order valence-electron chi connectivity index (χ4n) is 1.90. The first kappa shape index (κ1) is 15.9. The Morgan fingerprint density at radius 1 is 1.16 bits per heavy atom. The van der Waals surface area contributed by atoms with Crippen LogP contribution in [0.15, 0.2) is 0 Å². The monoisotopic (exact) mass is 271 g/mol. The van der Waals surface area contributed by atoms with E-state index in [-0.39, 0.29) is 24.5 Å². The molecule has 19 heavy (non-hydrogen) atoms. The molecule has 0 aromatic rings. The maximum absolute atomic E-state index is 11.8. The minimum atomic E-state index is -0.0740. The minimum Gasteiger partial charge on any atom is -0.378 e. The molecule has 0 atom stereocenters. The van der Waals surface area contributed by atoms with Gasteiger partial charge in [0.1, 0.15) is 0 Å². The molecular weight excluding hydrogens is 246 g/mol. The number of rotatable bonds is 6. The van der Waals surface area contributed by atoms with Crippen LogP contribution < -0.4 is 5.32 Å². The van der Waals surface area contributed by atoms with E-state index in [2.05, 4.69) is 5.32 Å². The molecule has 1 aliphatic rings. The van der Waals surface area contributed by atoms with Gasteiger partial charge in [-0.1, -0.05) is 0 Å². The Labute approximate surface area is 115 Å². The standard InChI is InChI=1S/C13H25N3O3/c1-15(2)13(18)10-16(3)12(17)6-9-19-11-4-7-14-8-5-11/h11,14H,4-10H2,1-3H3. The largest absolute Gasteiger partial charge is 0.378 e. The topological polar surface area (TPSA) is 61.9 Å². The summed E-state index contributed by atoms with van der Waals surface area (Å²) in [6.45, 7) is 2.52. The van der Waals surface area contributed by atoms with Crippen molar-refractivity contribution in [3.63, 3.8) is 0 Å². The van der Waals surface area contributed by atoms with E-state index >= 15 is 0 Å². The Kier molecular flexibility index (Phi) is 6.80. The zero-order valence-electron chi connectivity index (χ0n) is 12.1. The van der Waals surface area contributed by atoms with Gasteiger partial charge in [-0.2, -0.15) is 0 Å². The van der Waals surface area contributed by atoms with Gasteiger partial charge in [0, 0.05) is 21.1 Å². The van der Waals surface area contributed by atoms with E-state index in [1.807, 2.05) is 0 Å². The molecule has 1 aliphatic heterocycles. The fourth-order valence-corrected chi connectivity index (χ4v) is 1.90. The van der Waals surface area contributed by atoms with Crippen LogP contribution in [0.5, 0.6) is 0 Å². The molecule has 1 N–H and O–H groups in total. The van der Waals surface area contributed by atoms with Gasteiger partial charge in [-0.05, 0) is 25.9 Å². The van der Waals surface area contributed by atoms with Crippen molar-refractivity contribution in [1.29, 1.82) is 0 Å². The number of carbonyl (C=O) groups excluding carboxylic acids is 2. The summed E-state index contributed by atoms with van der Waals surface area (Å²) in [5, 5.41) is 3.27. The number of likely N-dealkylation sites (N-methyl/N-ethyl adjacent to an activating group) is 2. The third kappa shape index (κ3) is 6.02. The van der Waals surface area contributed by atoms with Crippen molar-refractivity contribution in [2.45, 2.75) is 25.4 Å². The van der Waals surface area contributed by atoms with E-state index in [4.69, 9.17) is 4.74 Å². The van der Waals surface area contributed by atoms with Crippen LogP contribution in [0, 0.1) is 0 Å². The minimum absolute atomic E-state index is 0.0517. The van der Waals surface area contributed by atoms with E-state index in [9.17, 15) is 9.59 Å². The molecule has 0 saturated carbocycles. The number of nitrogens with zero attached hydrogens (tertiary/aromatic N) is 2. The second-order valence-corrected chi connectivity index (χ2v) is 5.11. The van der Waals surface area contributed by atoms with Crippen LogP contribution >= 0.6 is 0 Å². The zero-order valence-corrected chi connectivity index (χ0v) is 12.1. The quantitative estimate of drug-likeness (QED) is 0.720. The molecule has 1 fully saturated rings. The van der Waals surface area contributed by atoms with Crippen molar-refractivity contribution in [2.75, 3.05) is 47.4 Å². The molecule has 6 nitrogen and oxygen atoms in total. The third-order valence-electron chi connectivity index (χ3n) is 3.25. The molecule has 6 heteroatoms. The predicted molar refractivity (Wildman–Crippen MR) is 72.8 cm³/mol. The van der Waals surface area contributed by atoms with Crippen molar-refractivity contribution in [1.82, 2.24) is 15.1 Å². The normalized spacial score (nSPS) is 16.2. The molecule has 2 amide bonds. The van der Waals surface area contributed by atoms with E-state index in [1.54, 1.807) is 21.1 Å². The first-order valence-electron chi connectivity index (χ1n) is 6.77. The predicted octanol–water partition coefficient (Wildman–Crippen LogP) is -0.308. The summed E-state index contributed by atoms with van der Waals surface area (Å²) in [6.07, 6.45) is 2.61. The number of hydrogen-bond acceptors (Lipinski definition) is 4. The number of amides is 2. The summed E-state index contributed by atoms with van der Waals surface area (Å²) in [6, 6.07) is 0. The number of hydrogen-bond donors (Lipinski definition) is 1. The maximum atomic E-state index is 11.8. The van der Waals surface area contributed by atoms with Gasteiger partial charge in [-0.25, -0.2) is 0 Å². The summed E-state index contributed by atoms with van der Waals surface area (Å²) in [5.41, 5.74) is 0. The van der Waals surface area contributed by atoms with Crippen LogP contribution in [0.2, 0.25) is 0 Å². The first-order valence-corrected chi connectivity index (χ1v) is 6.77. The molecule has 0 spiro atoms. The Balaban J connectivity index is 2.17. The Bertz CT molecular complexity index is 302. The van der Waals surface area contributed by atoms with E-state index in [0.717, 1.165) is 25.9 Å². The molecule has 110 valence electrons.